The maximum absolute atomic E-state index is 12.3. The zero-order valence-electron chi connectivity index (χ0n) is 15.8. The molecular formula is C21H24N4O. The quantitative estimate of drug-likeness (QED) is 0.670. The predicted molar refractivity (Wildman–Crippen MR) is 107 cm³/mol. The van der Waals surface area contributed by atoms with E-state index in [1.165, 1.54) is 5.56 Å². The molecule has 0 aliphatic carbocycles. The van der Waals surface area contributed by atoms with Gasteiger partial charge in [-0.2, -0.15) is 0 Å². The molecule has 5 nitrogen and oxygen atoms in total. The zero-order valence-corrected chi connectivity index (χ0v) is 15.8. The van der Waals surface area contributed by atoms with Crippen molar-refractivity contribution in [2.45, 2.75) is 40.0 Å². The summed E-state index contributed by atoms with van der Waals surface area (Å²) in [7, 11) is 0. The second kappa shape index (κ2) is 6.75. The van der Waals surface area contributed by atoms with Crippen molar-refractivity contribution in [1.82, 2.24) is 9.97 Å². The molecule has 0 unspecified atom stereocenters. The Hall–Kier alpha value is -2.95. The number of fused-ring (bicyclic) bond motifs is 1. The summed E-state index contributed by atoms with van der Waals surface area (Å²) in [6.07, 6.45) is 0. The lowest BCUT2D eigenvalue weighted by molar-refractivity contribution is 0.262. The molecule has 0 fully saturated rings. The van der Waals surface area contributed by atoms with Gasteiger partial charge in [0.1, 0.15) is 0 Å². The van der Waals surface area contributed by atoms with Gasteiger partial charge in [-0.3, -0.25) is 0 Å². The topological polar surface area (TPSA) is 66.9 Å². The Morgan fingerprint density at radius 1 is 0.808 bits per heavy atom. The van der Waals surface area contributed by atoms with Gasteiger partial charge >= 0.3 is 6.03 Å². The highest BCUT2D eigenvalue weighted by molar-refractivity contribution is 6.00. The highest BCUT2D eigenvalue weighted by Gasteiger charge is 2.13. The van der Waals surface area contributed by atoms with Crippen molar-refractivity contribution in [3.63, 3.8) is 0 Å². The average molecular weight is 348 g/mol. The van der Waals surface area contributed by atoms with E-state index in [0.29, 0.717) is 5.69 Å². The van der Waals surface area contributed by atoms with Crippen molar-refractivity contribution in [3.8, 4) is 0 Å². The van der Waals surface area contributed by atoms with Gasteiger partial charge < -0.3 is 10.6 Å². The van der Waals surface area contributed by atoms with E-state index in [0.717, 1.165) is 28.1 Å². The van der Waals surface area contributed by atoms with Gasteiger partial charge in [-0.15, -0.1) is 0 Å². The van der Waals surface area contributed by atoms with Crippen molar-refractivity contribution in [1.29, 1.82) is 0 Å². The summed E-state index contributed by atoms with van der Waals surface area (Å²) in [6, 6.07) is 13.1. The summed E-state index contributed by atoms with van der Waals surface area (Å²) in [5.41, 5.74) is 6.12. The van der Waals surface area contributed by atoms with Crippen LogP contribution in [0.25, 0.3) is 11.0 Å². The molecule has 5 heteroatoms. The molecule has 0 atom stereocenters. The summed E-state index contributed by atoms with van der Waals surface area (Å²) in [6.45, 7) is 10.3. The molecule has 0 spiro atoms. The number of carbonyl (C=O) groups is 1. The van der Waals surface area contributed by atoms with Crippen molar-refractivity contribution >= 4 is 28.4 Å². The van der Waals surface area contributed by atoms with Gasteiger partial charge in [0.25, 0.3) is 0 Å². The molecule has 3 aromatic rings. The van der Waals surface area contributed by atoms with Gasteiger partial charge in [-0.05, 0) is 55.2 Å². The number of aromatic nitrogens is 2. The van der Waals surface area contributed by atoms with Crippen LogP contribution in [0.3, 0.4) is 0 Å². The minimum Gasteiger partial charge on any atom is -0.308 e. The standard InChI is InChI=1S/C21H24N4O/c1-13-14(2)23-19-12-17(10-11-18(19)22-13)25-20(26)24-16-8-6-15(7-9-16)21(3,4)5/h6-12H,1-5H3,(H2,24,25,26). The number of nitrogens with one attached hydrogen (secondary N) is 2. The highest BCUT2D eigenvalue weighted by atomic mass is 16.2. The number of benzene rings is 2. The molecule has 1 aromatic heterocycles. The third kappa shape index (κ3) is 3.99. The SMILES string of the molecule is Cc1nc2ccc(NC(=O)Nc3ccc(C(C)(C)C)cc3)cc2nc1C. The largest absolute Gasteiger partial charge is 0.323 e. The fraction of sp³-hybridized carbons (Fsp3) is 0.286. The molecule has 1 heterocycles. The Morgan fingerprint density at radius 3 is 1.96 bits per heavy atom. The summed E-state index contributed by atoms with van der Waals surface area (Å²) in [5.74, 6) is 0. The lowest BCUT2D eigenvalue weighted by atomic mass is 9.87. The minimum atomic E-state index is -0.287. The third-order valence-corrected chi connectivity index (χ3v) is 4.34. The maximum Gasteiger partial charge on any atom is 0.323 e. The smallest absolute Gasteiger partial charge is 0.308 e. The van der Waals surface area contributed by atoms with E-state index < -0.39 is 0 Å². The number of aryl methyl sites for hydroxylation is 2. The van der Waals surface area contributed by atoms with Crippen LogP contribution in [-0.2, 0) is 5.41 Å². The Labute approximate surface area is 153 Å². The third-order valence-electron chi connectivity index (χ3n) is 4.34. The molecule has 0 aliphatic rings. The molecular weight excluding hydrogens is 324 g/mol. The van der Waals surface area contributed by atoms with Gasteiger partial charge in [0.2, 0.25) is 0 Å². The first kappa shape index (κ1) is 17.9. The van der Waals surface area contributed by atoms with Gasteiger partial charge in [0.05, 0.1) is 22.4 Å². The fourth-order valence-electron chi connectivity index (χ4n) is 2.66. The minimum absolute atomic E-state index is 0.0867. The van der Waals surface area contributed by atoms with Gasteiger partial charge in [0.15, 0.2) is 0 Å². The van der Waals surface area contributed by atoms with E-state index >= 15 is 0 Å². The molecule has 0 bridgehead atoms. The van der Waals surface area contributed by atoms with Crippen LogP contribution in [0, 0.1) is 13.8 Å². The van der Waals surface area contributed by atoms with E-state index in [9.17, 15) is 4.79 Å². The Kier molecular flexibility index (Phi) is 4.64. The Balaban J connectivity index is 1.71. The number of nitrogens with zero attached hydrogens (tertiary/aromatic N) is 2. The van der Waals surface area contributed by atoms with Crippen LogP contribution in [0.15, 0.2) is 42.5 Å². The average Bonchev–Trinajstić information content (AvgIpc) is 2.56. The van der Waals surface area contributed by atoms with Crippen LogP contribution in [0.2, 0.25) is 0 Å². The molecule has 2 N–H and O–H groups in total. The number of rotatable bonds is 2. The molecule has 134 valence electrons. The Morgan fingerprint density at radius 2 is 1.35 bits per heavy atom. The van der Waals surface area contributed by atoms with Crippen LogP contribution < -0.4 is 10.6 Å². The van der Waals surface area contributed by atoms with E-state index in [4.69, 9.17) is 0 Å². The molecule has 0 radical (unpaired) electrons. The molecule has 2 aromatic carbocycles. The summed E-state index contributed by atoms with van der Waals surface area (Å²) in [4.78, 5) is 21.3. The van der Waals surface area contributed by atoms with Crippen molar-refractivity contribution in [2.24, 2.45) is 0 Å². The lowest BCUT2D eigenvalue weighted by Crippen LogP contribution is -2.19. The van der Waals surface area contributed by atoms with E-state index in [2.05, 4.69) is 41.4 Å². The van der Waals surface area contributed by atoms with Gasteiger partial charge in [0, 0.05) is 11.4 Å². The maximum atomic E-state index is 12.3. The molecule has 3 rings (SSSR count). The number of anilines is 2. The molecule has 0 saturated carbocycles. The Bertz CT molecular complexity index is 956. The normalized spacial score (nSPS) is 11.4. The first-order valence-corrected chi connectivity index (χ1v) is 8.66. The second-order valence-corrected chi connectivity index (χ2v) is 7.50. The van der Waals surface area contributed by atoms with E-state index in [-0.39, 0.29) is 11.4 Å². The fourth-order valence-corrected chi connectivity index (χ4v) is 2.66. The van der Waals surface area contributed by atoms with Crippen LogP contribution in [0.1, 0.15) is 37.7 Å². The zero-order chi connectivity index (χ0) is 18.9. The van der Waals surface area contributed by atoms with Crippen LogP contribution in [-0.4, -0.2) is 16.0 Å². The first-order chi connectivity index (χ1) is 12.2. The van der Waals surface area contributed by atoms with Gasteiger partial charge in [-0.25, -0.2) is 14.8 Å². The predicted octanol–water partition coefficient (Wildman–Crippen LogP) is 5.19. The molecule has 26 heavy (non-hydrogen) atoms. The van der Waals surface area contributed by atoms with Gasteiger partial charge in [-0.1, -0.05) is 32.9 Å². The number of urea groups is 1. The first-order valence-electron chi connectivity index (χ1n) is 8.66. The summed E-state index contributed by atoms with van der Waals surface area (Å²) >= 11 is 0. The molecule has 0 saturated heterocycles. The van der Waals surface area contributed by atoms with Crippen molar-refractivity contribution in [2.75, 3.05) is 10.6 Å². The summed E-state index contributed by atoms with van der Waals surface area (Å²) in [5, 5.41) is 5.70. The number of hydrogen-bond acceptors (Lipinski definition) is 3. The molecule has 0 aliphatic heterocycles. The highest BCUT2D eigenvalue weighted by Crippen LogP contribution is 2.23. The van der Waals surface area contributed by atoms with E-state index in [1.54, 1.807) is 0 Å². The number of carbonyl (C=O) groups excluding carboxylic acids is 1. The van der Waals surface area contributed by atoms with Crippen LogP contribution in [0.5, 0.6) is 0 Å². The van der Waals surface area contributed by atoms with Crippen molar-refractivity contribution < 1.29 is 4.79 Å². The lowest BCUT2D eigenvalue weighted by Gasteiger charge is -2.19. The van der Waals surface area contributed by atoms with Crippen LogP contribution >= 0.6 is 0 Å². The molecule has 2 amide bonds. The summed E-state index contributed by atoms with van der Waals surface area (Å²) < 4.78 is 0. The number of amides is 2. The monoisotopic (exact) mass is 348 g/mol. The van der Waals surface area contributed by atoms with Crippen molar-refractivity contribution in [3.05, 3.63) is 59.4 Å². The number of hydrogen-bond donors (Lipinski definition) is 2. The second-order valence-electron chi connectivity index (χ2n) is 7.50. The van der Waals surface area contributed by atoms with Crippen LogP contribution in [0.4, 0.5) is 16.2 Å². The van der Waals surface area contributed by atoms with E-state index in [1.807, 2.05) is 56.3 Å².